The molecule has 2 aromatic rings. The number of nitrogens with one attached hydrogen (secondary N) is 1. The van der Waals surface area contributed by atoms with E-state index in [1.54, 1.807) is 24.3 Å². The van der Waals surface area contributed by atoms with Gasteiger partial charge in [-0.2, -0.15) is 0 Å². The number of hydrogen-bond donors (Lipinski definition) is 1. The first kappa shape index (κ1) is 16.2. The quantitative estimate of drug-likeness (QED) is 0.915. The molecule has 1 aliphatic rings. The Morgan fingerprint density at radius 3 is 2.54 bits per heavy atom. The molecule has 1 N–H and O–H groups in total. The van der Waals surface area contributed by atoms with Crippen LogP contribution in [0.25, 0.3) is 0 Å². The predicted molar refractivity (Wildman–Crippen MR) is 90.9 cm³/mol. The van der Waals surface area contributed by atoms with Crippen molar-refractivity contribution in [3.05, 3.63) is 53.6 Å². The lowest BCUT2D eigenvalue weighted by atomic mass is 10.1. The average molecular weight is 327 g/mol. The number of carbonyl (C=O) groups is 1. The van der Waals surface area contributed by atoms with Crippen molar-refractivity contribution in [3.8, 4) is 17.2 Å². The van der Waals surface area contributed by atoms with Crippen molar-refractivity contribution in [1.82, 2.24) is 5.32 Å². The Labute approximate surface area is 141 Å². The highest BCUT2D eigenvalue weighted by Crippen LogP contribution is 2.32. The van der Waals surface area contributed by atoms with Crippen molar-refractivity contribution < 1.29 is 19.0 Å². The molecule has 0 radical (unpaired) electrons. The highest BCUT2D eigenvalue weighted by atomic mass is 16.6. The Morgan fingerprint density at radius 1 is 1.12 bits per heavy atom. The Hall–Kier alpha value is -2.69. The van der Waals surface area contributed by atoms with Gasteiger partial charge in [-0.15, -0.1) is 0 Å². The van der Waals surface area contributed by atoms with Gasteiger partial charge in [0.05, 0.1) is 12.6 Å². The fourth-order valence-corrected chi connectivity index (χ4v) is 2.56. The zero-order chi connectivity index (χ0) is 16.9. The molecule has 126 valence electrons. The van der Waals surface area contributed by atoms with E-state index in [0.29, 0.717) is 25.4 Å². The third-order valence-electron chi connectivity index (χ3n) is 3.84. The van der Waals surface area contributed by atoms with Crippen LogP contribution in [0.5, 0.6) is 17.2 Å². The van der Waals surface area contributed by atoms with Crippen LogP contribution in [0.1, 0.15) is 35.8 Å². The number of amides is 1. The van der Waals surface area contributed by atoms with Crippen LogP contribution >= 0.6 is 0 Å². The molecular weight excluding hydrogens is 306 g/mol. The van der Waals surface area contributed by atoms with Crippen LogP contribution < -0.4 is 19.5 Å². The molecule has 1 atom stereocenters. The van der Waals surface area contributed by atoms with Gasteiger partial charge in [0.25, 0.3) is 5.91 Å². The minimum atomic E-state index is -0.139. The summed E-state index contributed by atoms with van der Waals surface area (Å²) in [6, 6.07) is 12.7. The molecular formula is C19H21NO4. The molecule has 0 aliphatic carbocycles. The standard InChI is InChI=1S/C19H21NO4/c1-3-22-16-7-4-14(5-8-16)19(21)20-13(2)15-6-9-17-18(12-15)24-11-10-23-17/h4-9,12-13H,3,10-11H2,1-2H3,(H,20,21)/t13-/m0/s1. The monoisotopic (exact) mass is 327 g/mol. The lowest BCUT2D eigenvalue weighted by Gasteiger charge is -2.21. The second-order valence-electron chi connectivity index (χ2n) is 5.56. The van der Waals surface area contributed by atoms with Gasteiger partial charge in [0.15, 0.2) is 11.5 Å². The van der Waals surface area contributed by atoms with E-state index in [9.17, 15) is 4.79 Å². The van der Waals surface area contributed by atoms with Crippen LogP contribution in [0.4, 0.5) is 0 Å². The summed E-state index contributed by atoms with van der Waals surface area (Å²) < 4.78 is 16.5. The molecule has 5 heteroatoms. The van der Waals surface area contributed by atoms with E-state index in [4.69, 9.17) is 14.2 Å². The van der Waals surface area contributed by atoms with Gasteiger partial charge in [0.2, 0.25) is 0 Å². The van der Waals surface area contributed by atoms with E-state index in [1.165, 1.54) is 0 Å². The summed E-state index contributed by atoms with van der Waals surface area (Å²) in [4.78, 5) is 12.4. The fraction of sp³-hybridized carbons (Fsp3) is 0.316. The van der Waals surface area contributed by atoms with E-state index >= 15 is 0 Å². The fourth-order valence-electron chi connectivity index (χ4n) is 2.56. The van der Waals surface area contributed by atoms with Crippen molar-refractivity contribution in [2.24, 2.45) is 0 Å². The first-order valence-corrected chi connectivity index (χ1v) is 8.10. The first-order valence-electron chi connectivity index (χ1n) is 8.10. The summed E-state index contributed by atoms with van der Waals surface area (Å²) in [5.74, 6) is 2.10. The highest BCUT2D eigenvalue weighted by molar-refractivity contribution is 5.94. The maximum atomic E-state index is 12.4. The first-order chi connectivity index (χ1) is 11.7. The summed E-state index contributed by atoms with van der Waals surface area (Å²) >= 11 is 0. The van der Waals surface area contributed by atoms with Crippen molar-refractivity contribution >= 4 is 5.91 Å². The molecule has 1 amide bonds. The molecule has 1 aliphatic heterocycles. The van der Waals surface area contributed by atoms with E-state index < -0.39 is 0 Å². The van der Waals surface area contributed by atoms with Crippen molar-refractivity contribution in [2.45, 2.75) is 19.9 Å². The van der Waals surface area contributed by atoms with Crippen LogP contribution in [-0.2, 0) is 0 Å². The van der Waals surface area contributed by atoms with Crippen LogP contribution in [-0.4, -0.2) is 25.7 Å². The number of benzene rings is 2. The molecule has 0 unspecified atom stereocenters. The normalized spacial score (nSPS) is 13.9. The lowest BCUT2D eigenvalue weighted by molar-refractivity contribution is 0.0939. The molecule has 1 heterocycles. The van der Waals surface area contributed by atoms with Gasteiger partial charge in [-0.05, 0) is 55.8 Å². The van der Waals surface area contributed by atoms with Crippen molar-refractivity contribution in [3.63, 3.8) is 0 Å². The molecule has 5 nitrogen and oxygen atoms in total. The molecule has 0 fully saturated rings. The van der Waals surface area contributed by atoms with Crippen molar-refractivity contribution in [1.29, 1.82) is 0 Å². The minimum absolute atomic E-state index is 0.125. The van der Waals surface area contributed by atoms with Gasteiger partial charge in [-0.3, -0.25) is 4.79 Å². The van der Waals surface area contributed by atoms with E-state index in [2.05, 4.69) is 5.32 Å². The number of rotatable bonds is 5. The van der Waals surface area contributed by atoms with E-state index in [0.717, 1.165) is 22.8 Å². The maximum Gasteiger partial charge on any atom is 0.251 e. The van der Waals surface area contributed by atoms with E-state index in [-0.39, 0.29) is 11.9 Å². The Balaban J connectivity index is 1.67. The second kappa shape index (κ2) is 7.25. The number of ether oxygens (including phenoxy) is 3. The third-order valence-corrected chi connectivity index (χ3v) is 3.84. The molecule has 3 rings (SSSR count). The van der Waals surface area contributed by atoms with Gasteiger partial charge in [-0.1, -0.05) is 6.07 Å². The zero-order valence-electron chi connectivity index (χ0n) is 13.9. The van der Waals surface area contributed by atoms with Crippen LogP contribution in [0, 0.1) is 0 Å². The summed E-state index contributed by atoms with van der Waals surface area (Å²) in [7, 11) is 0. The Bertz CT molecular complexity index is 712. The van der Waals surface area contributed by atoms with Gasteiger partial charge in [0.1, 0.15) is 19.0 Å². The third kappa shape index (κ3) is 3.62. The largest absolute Gasteiger partial charge is 0.494 e. The number of hydrogen-bond acceptors (Lipinski definition) is 4. The summed E-state index contributed by atoms with van der Waals surface area (Å²) in [6.07, 6.45) is 0. The zero-order valence-corrected chi connectivity index (χ0v) is 13.9. The molecule has 2 aromatic carbocycles. The van der Waals surface area contributed by atoms with Gasteiger partial charge < -0.3 is 19.5 Å². The van der Waals surface area contributed by atoms with Crippen LogP contribution in [0.2, 0.25) is 0 Å². The molecule has 0 saturated carbocycles. The SMILES string of the molecule is CCOc1ccc(C(=O)N[C@@H](C)c2ccc3c(c2)OCCO3)cc1. The smallest absolute Gasteiger partial charge is 0.251 e. The molecule has 0 saturated heterocycles. The minimum Gasteiger partial charge on any atom is -0.494 e. The predicted octanol–water partition coefficient (Wildman–Crippen LogP) is 3.35. The highest BCUT2D eigenvalue weighted by Gasteiger charge is 2.16. The van der Waals surface area contributed by atoms with Crippen molar-refractivity contribution in [2.75, 3.05) is 19.8 Å². The second-order valence-corrected chi connectivity index (χ2v) is 5.56. The van der Waals surface area contributed by atoms with Gasteiger partial charge >= 0.3 is 0 Å². The maximum absolute atomic E-state index is 12.4. The van der Waals surface area contributed by atoms with Crippen LogP contribution in [0.3, 0.4) is 0 Å². The summed E-state index contributed by atoms with van der Waals surface area (Å²) in [5, 5.41) is 2.99. The lowest BCUT2D eigenvalue weighted by Crippen LogP contribution is -2.26. The molecule has 0 aromatic heterocycles. The topological polar surface area (TPSA) is 56.8 Å². The average Bonchev–Trinajstić information content (AvgIpc) is 2.62. The molecule has 0 spiro atoms. The Morgan fingerprint density at radius 2 is 1.83 bits per heavy atom. The Kier molecular flexibility index (Phi) is 4.89. The number of carbonyl (C=O) groups excluding carboxylic acids is 1. The van der Waals surface area contributed by atoms with E-state index in [1.807, 2.05) is 32.0 Å². The molecule has 24 heavy (non-hydrogen) atoms. The van der Waals surface area contributed by atoms with Gasteiger partial charge in [-0.25, -0.2) is 0 Å². The number of fused-ring (bicyclic) bond motifs is 1. The van der Waals surface area contributed by atoms with Gasteiger partial charge in [0, 0.05) is 5.56 Å². The molecule has 0 bridgehead atoms. The summed E-state index contributed by atoms with van der Waals surface area (Å²) in [5.41, 5.74) is 1.57. The summed E-state index contributed by atoms with van der Waals surface area (Å²) in [6.45, 7) is 5.58. The van der Waals surface area contributed by atoms with Crippen LogP contribution in [0.15, 0.2) is 42.5 Å².